The molecule has 4 nitrogen and oxygen atoms in total. The van der Waals surface area contributed by atoms with Gasteiger partial charge in [0.1, 0.15) is 11.6 Å². The van der Waals surface area contributed by atoms with Gasteiger partial charge in [0.25, 0.3) is 0 Å². The quantitative estimate of drug-likeness (QED) is 0.843. The van der Waals surface area contributed by atoms with Crippen molar-refractivity contribution in [3.05, 3.63) is 47.0 Å². The number of nitrogens with zero attached hydrogens (tertiary/aromatic N) is 3. The Kier molecular flexibility index (Phi) is 3.86. The van der Waals surface area contributed by atoms with Crippen LogP contribution in [0.15, 0.2) is 24.5 Å². The van der Waals surface area contributed by atoms with Gasteiger partial charge in [-0.1, -0.05) is 0 Å². The van der Waals surface area contributed by atoms with Crippen LogP contribution < -0.4 is 4.74 Å². The number of nitriles is 1. The summed E-state index contributed by atoms with van der Waals surface area (Å²) < 4.78 is 7.82. The molecule has 0 aliphatic carbocycles. The summed E-state index contributed by atoms with van der Waals surface area (Å²) in [7, 11) is 1.97. The summed E-state index contributed by atoms with van der Waals surface area (Å²) in [6.45, 7) is 4.51. The maximum Gasteiger partial charge on any atom is 0.125 e. The SMILES string of the molecule is Cc1cc(C#N)cc(C)c1OCCc1nccn1C. The monoisotopic (exact) mass is 255 g/mol. The van der Waals surface area contributed by atoms with Crippen LogP contribution in [0.2, 0.25) is 0 Å². The van der Waals surface area contributed by atoms with Crippen molar-refractivity contribution < 1.29 is 4.74 Å². The van der Waals surface area contributed by atoms with Crippen molar-refractivity contribution in [1.29, 1.82) is 5.26 Å². The molecule has 0 saturated heterocycles. The van der Waals surface area contributed by atoms with E-state index in [9.17, 15) is 0 Å². The van der Waals surface area contributed by atoms with Crippen molar-refractivity contribution >= 4 is 0 Å². The molecule has 0 amide bonds. The second-order valence-corrected chi connectivity index (χ2v) is 4.60. The summed E-state index contributed by atoms with van der Waals surface area (Å²) in [5.74, 6) is 1.87. The first-order chi connectivity index (χ1) is 9.11. The topological polar surface area (TPSA) is 50.8 Å². The van der Waals surface area contributed by atoms with Gasteiger partial charge in [-0.05, 0) is 37.1 Å². The molecule has 0 N–H and O–H groups in total. The second kappa shape index (κ2) is 5.57. The van der Waals surface area contributed by atoms with Crippen LogP contribution >= 0.6 is 0 Å². The average Bonchev–Trinajstić information content (AvgIpc) is 2.78. The molecular weight excluding hydrogens is 238 g/mol. The van der Waals surface area contributed by atoms with Crippen molar-refractivity contribution in [1.82, 2.24) is 9.55 Å². The number of rotatable bonds is 4. The molecule has 0 saturated carbocycles. The van der Waals surface area contributed by atoms with Crippen molar-refractivity contribution in [2.24, 2.45) is 7.05 Å². The molecule has 1 heterocycles. The Morgan fingerprint density at radius 3 is 2.53 bits per heavy atom. The molecule has 19 heavy (non-hydrogen) atoms. The molecule has 0 atom stereocenters. The Balaban J connectivity index is 2.04. The lowest BCUT2D eigenvalue weighted by Gasteiger charge is -2.12. The standard InChI is InChI=1S/C15H17N3O/c1-11-8-13(10-16)9-12(2)15(11)19-7-4-14-17-5-6-18(14)3/h5-6,8-9H,4,7H2,1-3H3. The van der Waals surface area contributed by atoms with Gasteiger partial charge in [0.05, 0.1) is 18.2 Å². The number of benzene rings is 1. The molecule has 0 aliphatic heterocycles. The molecule has 2 rings (SSSR count). The Hall–Kier alpha value is -2.28. The third-order valence-corrected chi connectivity index (χ3v) is 3.08. The highest BCUT2D eigenvalue weighted by Gasteiger charge is 2.07. The van der Waals surface area contributed by atoms with Gasteiger partial charge in [-0.15, -0.1) is 0 Å². The van der Waals surface area contributed by atoms with Crippen LogP contribution in [-0.4, -0.2) is 16.2 Å². The maximum absolute atomic E-state index is 8.91. The summed E-state index contributed by atoms with van der Waals surface area (Å²) >= 11 is 0. The zero-order valence-electron chi connectivity index (χ0n) is 11.5. The van der Waals surface area contributed by atoms with E-state index in [0.29, 0.717) is 12.2 Å². The lowest BCUT2D eigenvalue weighted by Crippen LogP contribution is -2.07. The van der Waals surface area contributed by atoms with Gasteiger partial charge in [-0.3, -0.25) is 0 Å². The van der Waals surface area contributed by atoms with Crippen molar-refractivity contribution in [2.75, 3.05) is 6.61 Å². The lowest BCUT2D eigenvalue weighted by molar-refractivity contribution is 0.313. The summed E-state index contributed by atoms with van der Waals surface area (Å²) in [4.78, 5) is 4.26. The van der Waals surface area contributed by atoms with E-state index < -0.39 is 0 Å². The van der Waals surface area contributed by atoms with Crippen LogP contribution in [0.5, 0.6) is 5.75 Å². The molecule has 0 aliphatic rings. The molecule has 0 bridgehead atoms. The number of hydrogen-bond donors (Lipinski definition) is 0. The van der Waals surface area contributed by atoms with Crippen molar-refractivity contribution in [2.45, 2.75) is 20.3 Å². The van der Waals surface area contributed by atoms with Crippen LogP contribution in [0.4, 0.5) is 0 Å². The Bertz CT molecular complexity index is 600. The highest BCUT2D eigenvalue weighted by molar-refractivity contribution is 5.47. The molecule has 0 radical (unpaired) electrons. The summed E-state index contributed by atoms with van der Waals surface area (Å²) in [6.07, 6.45) is 4.48. The van der Waals surface area contributed by atoms with E-state index in [1.54, 1.807) is 6.20 Å². The highest BCUT2D eigenvalue weighted by Crippen LogP contribution is 2.24. The molecule has 0 unspecified atom stereocenters. The largest absolute Gasteiger partial charge is 0.493 e. The predicted octanol–water partition coefficient (Wildman–Crippen LogP) is 2.53. The van der Waals surface area contributed by atoms with E-state index in [1.807, 2.05) is 43.8 Å². The van der Waals surface area contributed by atoms with Gasteiger partial charge in [0, 0.05) is 25.9 Å². The number of imidazole rings is 1. The lowest BCUT2D eigenvalue weighted by atomic mass is 10.1. The highest BCUT2D eigenvalue weighted by atomic mass is 16.5. The maximum atomic E-state index is 8.91. The van der Waals surface area contributed by atoms with E-state index >= 15 is 0 Å². The van der Waals surface area contributed by atoms with Crippen LogP contribution in [0, 0.1) is 25.2 Å². The van der Waals surface area contributed by atoms with E-state index in [4.69, 9.17) is 10.00 Å². The van der Waals surface area contributed by atoms with Gasteiger partial charge < -0.3 is 9.30 Å². The van der Waals surface area contributed by atoms with Gasteiger partial charge in [0.15, 0.2) is 0 Å². The fourth-order valence-electron chi connectivity index (χ4n) is 2.12. The Labute approximate surface area is 113 Å². The van der Waals surface area contributed by atoms with Crippen molar-refractivity contribution in [3.8, 4) is 11.8 Å². The minimum absolute atomic E-state index is 0.582. The number of hydrogen-bond acceptors (Lipinski definition) is 3. The smallest absolute Gasteiger partial charge is 0.125 e. The van der Waals surface area contributed by atoms with E-state index in [-0.39, 0.29) is 0 Å². The summed E-state index contributed by atoms with van der Waals surface area (Å²) in [5.41, 5.74) is 2.67. The first-order valence-electron chi connectivity index (χ1n) is 6.22. The van der Waals surface area contributed by atoms with Crippen molar-refractivity contribution in [3.63, 3.8) is 0 Å². The number of ether oxygens (including phenoxy) is 1. The van der Waals surface area contributed by atoms with Gasteiger partial charge >= 0.3 is 0 Å². The van der Waals surface area contributed by atoms with E-state index in [0.717, 1.165) is 29.1 Å². The molecule has 1 aromatic carbocycles. The minimum Gasteiger partial charge on any atom is -0.493 e. The van der Waals surface area contributed by atoms with E-state index in [1.165, 1.54) is 0 Å². The minimum atomic E-state index is 0.582. The predicted molar refractivity (Wildman–Crippen MR) is 73.0 cm³/mol. The van der Waals surface area contributed by atoms with Crippen LogP contribution in [-0.2, 0) is 13.5 Å². The number of aryl methyl sites for hydroxylation is 3. The zero-order chi connectivity index (χ0) is 13.8. The Morgan fingerprint density at radius 2 is 2.00 bits per heavy atom. The Morgan fingerprint density at radius 1 is 1.32 bits per heavy atom. The third-order valence-electron chi connectivity index (χ3n) is 3.08. The molecular formula is C15H17N3O. The van der Waals surface area contributed by atoms with Crippen LogP contribution in [0.25, 0.3) is 0 Å². The second-order valence-electron chi connectivity index (χ2n) is 4.60. The van der Waals surface area contributed by atoms with E-state index in [2.05, 4.69) is 11.1 Å². The number of aromatic nitrogens is 2. The molecule has 0 fully saturated rings. The molecule has 1 aromatic heterocycles. The first kappa shape index (κ1) is 13.2. The molecule has 2 aromatic rings. The zero-order valence-corrected chi connectivity index (χ0v) is 11.5. The van der Waals surface area contributed by atoms with Gasteiger partial charge in [0.2, 0.25) is 0 Å². The fourth-order valence-corrected chi connectivity index (χ4v) is 2.12. The first-order valence-corrected chi connectivity index (χ1v) is 6.22. The fraction of sp³-hybridized carbons (Fsp3) is 0.333. The van der Waals surface area contributed by atoms with Gasteiger partial charge in [-0.25, -0.2) is 4.98 Å². The summed E-state index contributed by atoms with van der Waals surface area (Å²) in [5, 5.41) is 8.91. The average molecular weight is 255 g/mol. The summed E-state index contributed by atoms with van der Waals surface area (Å²) in [6, 6.07) is 5.85. The molecule has 0 spiro atoms. The van der Waals surface area contributed by atoms with Crippen LogP contribution in [0.3, 0.4) is 0 Å². The van der Waals surface area contributed by atoms with Gasteiger partial charge in [-0.2, -0.15) is 5.26 Å². The van der Waals surface area contributed by atoms with Crippen LogP contribution in [0.1, 0.15) is 22.5 Å². The molecule has 4 heteroatoms. The third kappa shape index (κ3) is 2.94. The normalized spacial score (nSPS) is 10.2. The molecule has 98 valence electrons.